The van der Waals surface area contributed by atoms with Crippen LogP contribution in [-0.4, -0.2) is 150 Å². The van der Waals surface area contributed by atoms with Crippen LogP contribution in [0.15, 0.2) is 84.9 Å². The number of ether oxygens (including phenoxy) is 3. The van der Waals surface area contributed by atoms with Gasteiger partial charge in [-0.25, -0.2) is 13.6 Å². The summed E-state index contributed by atoms with van der Waals surface area (Å²) in [6.45, 7) is 13.7. The molecule has 4 saturated heterocycles. The van der Waals surface area contributed by atoms with Gasteiger partial charge >= 0.3 is 6.09 Å². The molecule has 0 aliphatic carbocycles. The zero-order valence-corrected chi connectivity index (χ0v) is 42.6. The Balaban J connectivity index is 0.000000216. The van der Waals surface area contributed by atoms with E-state index in [-0.39, 0.29) is 78.7 Å². The second kappa shape index (κ2) is 24.1. The van der Waals surface area contributed by atoms with Crippen LogP contribution in [0.5, 0.6) is 11.5 Å². The van der Waals surface area contributed by atoms with Crippen molar-refractivity contribution in [3.63, 3.8) is 0 Å². The van der Waals surface area contributed by atoms with Crippen LogP contribution in [-0.2, 0) is 37.0 Å². The van der Waals surface area contributed by atoms with E-state index in [1.165, 1.54) is 38.1 Å². The average Bonchev–Trinajstić information content (AvgIpc) is 3.39. The molecule has 4 atom stereocenters. The number of carbonyl (C=O) groups excluding carboxylic acids is 5. The van der Waals surface area contributed by atoms with E-state index in [0.29, 0.717) is 85.2 Å². The molecule has 4 fully saturated rings. The third-order valence-electron chi connectivity index (χ3n) is 12.6. The molecule has 20 heteroatoms. The Morgan fingerprint density at radius 1 is 0.611 bits per heavy atom. The molecule has 4 heterocycles. The van der Waals surface area contributed by atoms with Crippen LogP contribution in [0.2, 0.25) is 10.0 Å². The van der Waals surface area contributed by atoms with Gasteiger partial charge in [0.2, 0.25) is 11.8 Å². The summed E-state index contributed by atoms with van der Waals surface area (Å²) < 4.78 is 43.9. The van der Waals surface area contributed by atoms with Gasteiger partial charge in [-0.15, -0.1) is 0 Å². The Hall–Kier alpha value is -6.05. The van der Waals surface area contributed by atoms with Crippen molar-refractivity contribution in [1.29, 1.82) is 0 Å². The Morgan fingerprint density at radius 3 is 1.47 bits per heavy atom. The third-order valence-corrected chi connectivity index (χ3v) is 13.1. The molecule has 0 saturated carbocycles. The summed E-state index contributed by atoms with van der Waals surface area (Å²) in [5.74, 6) is -0.636. The molecular weight excluding hydrogens is 974 g/mol. The Bertz CT molecular complexity index is 2560. The lowest BCUT2D eigenvalue weighted by molar-refractivity contribution is -0.139. The molecule has 4 aliphatic rings. The minimum absolute atomic E-state index is 0.0225. The van der Waals surface area contributed by atoms with E-state index in [2.05, 4.69) is 25.8 Å². The van der Waals surface area contributed by atoms with Crippen LogP contribution in [0.4, 0.5) is 25.0 Å². The van der Waals surface area contributed by atoms with Crippen LogP contribution in [0.25, 0.3) is 0 Å². The second-order valence-corrected chi connectivity index (χ2v) is 20.3. The highest BCUT2D eigenvalue weighted by Crippen LogP contribution is 2.31. The summed E-state index contributed by atoms with van der Waals surface area (Å²) in [4.78, 5) is 72.3. The number of amides is 5. The van der Waals surface area contributed by atoms with E-state index in [1.807, 2.05) is 37.8 Å². The molecule has 3 N–H and O–H groups in total. The molecule has 4 unspecified atom stereocenters. The fourth-order valence-corrected chi connectivity index (χ4v) is 9.69. The van der Waals surface area contributed by atoms with Gasteiger partial charge in [-0.3, -0.25) is 29.0 Å². The van der Waals surface area contributed by atoms with Crippen LogP contribution >= 0.6 is 23.2 Å². The zero-order valence-electron chi connectivity index (χ0n) is 41.1. The van der Waals surface area contributed by atoms with Crippen LogP contribution in [0, 0.1) is 11.6 Å². The zero-order chi connectivity index (χ0) is 51.7. The van der Waals surface area contributed by atoms with Crippen molar-refractivity contribution in [3.8, 4) is 11.5 Å². The molecule has 4 aliphatic heterocycles. The predicted octanol–water partition coefficient (Wildman–Crippen LogP) is 7.04. The van der Waals surface area contributed by atoms with Crippen molar-refractivity contribution in [2.24, 2.45) is 0 Å². The highest BCUT2D eigenvalue weighted by Gasteiger charge is 2.42. The van der Waals surface area contributed by atoms with Gasteiger partial charge in [-0.05, 0) is 99.0 Å². The average molecular weight is 1040 g/mol. The van der Waals surface area contributed by atoms with Gasteiger partial charge in [0, 0.05) is 114 Å². The monoisotopic (exact) mass is 1030 g/mol. The molecule has 72 heavy (non-hydrogen) atoms. The fourth-order valence-electron chi connectivity index (χ4n) is 9.34. The lowest BCUT2D eigenvalue weighted by Crippen LogP contribution is -2.68. The van der Waals surface area contributed by atoms with Crippen molar-refractivity contribution in [3.05, 3.63) is 118 Å². The molecular formula is C52H62Cl2F2N8O8. The van der Waals surface area contributed by atoms with Gasteiger partial charge in [0.15, 0.2) is 13.2 Å². The Kier molecular flexibility index (Phi) is 18.0. The minimum atomic E-state index is -0.622. The lowest BCUT2D eigenvalue weighted by atomic mass is 10.00. The quantitative estimate of drug-likeness (QED) is 0.133. The summed E-state index contributed by atoms with van der Waals surface area (Å²) in [5.41, 5.74) is 2.21. The molecule has 5 amide bonds. The number of anilines is 2. The molecule has 386 valence electrons. The number of hydrogen-bond acceptors (Lipinski definition) is 11. The minimum Gasteiger partial charge on any atom is -0.482 e. The van der Waals surface area contributed by atoms with E-state index in [4.69, 9.17) is 37.4 Å². The number of nitrogens with zero attached hydrogens (tertiary/aromatic N) is 5. The summed E-state index contributed by atoms with van der Waals surface area (Å²) in [6, 6.07) is 22.8. The van der Waals surface area contributed by atoms with E-state index in [0.717, 1.165) is 30.8 Å². The molecule has 0 spiro atoms. The first-order chi connectivity index (χ1) is 34.3. The maximum Gasteiger partial charge on any atom is 0.410 e. The molecule has 0 radical (unpaired) electrons. The number of benzene rings is 4. The first-order valence-electron chi connectivity index (χ1n) is 23.9. The van der Waals surface area contributed by atoms with Gasteiger partial charge in [0.25, 0.3) is 11.8 Å². The smallest absolute Gasteiger partial charge is 0.410 e. The van der Waals surface area contributed by atoms with E-state index >= 15 is 0 Å². The lowest BCUT2D eigenvalue weighted by Gasteiger charge is -2.50. The van der Waals surface area contributed by atoms with Gasteiger partial charge in [-0.1, -0.05) is 47.5 Å². The van der Waals surface area contributed by atoms with E-state index in [9.17, 15) is 32.8 Å². The topological polar surface area (TPSA) is 165 Å². The second-order valence-electron chi connectivity index (χ2n) is 19.4. The summed E-state index contributed by atoms with van der Waals surface area (Å²) in [7, 11) is 0. The maximum atomic E-state index is 13.5. The maximum absolute atomic E-state index is 13.5. The standard InChI is InChI=1S/C29H36ClFN4O5.C23H26ClFN4O3/c1-19(36)32-25-13-21(30)7-10-26(25)39-18-27(37)34-15-23-11-12-33(28(38)40-29(2,3)4)16-24(17-34)35(23)14-20-5-8-22(31)9-6-20;1-15(30)27-21-8-17(24)4-7-22(21)32-14-23(31)28-12-19-9-26-10-20(13-28)29(19)11-16-2-5-18(25)6-3-16/h5-10,13,23-24H,11-12,14-18H2,1-4H3,(H,32,36);2-8,19-20,26H,9-14H2,1H3,(H,27,30). The highest BCUT2D eigenvalue weighted by molar-refractivity contribution is 6.31. The first kappa shape index (κ1) is 53.7. The van der Waals surface area contributed by atoms with Crippen molar-refractivity contribution in [2.45, 2.75) is 83.9 Å². The normalized spacial score (nSPS) is 20.0. The molecule has 16 nitrogen and oxygen atoms in total. The summed E-state index contributed by atoms with van der Waals surface area (Å²) in [5, 5.41) is 9.67. The van der Waals surface area contributed by atoms with Crippen molar-refractivity contribution in [1.82, 2.24) is 29.8 Å². The molecule has 4 bridgehead atoms. The third kappa shape index (κ3) is 15.0. The number of hydrogen-bond donors (Lipinski definition) is 3. The van der Waals surface area contributed by atoms with Gasteiger partial charge < -0.3 is 44.9 Å². The van der Waals surface area contributed by atoms with E-state index < -0.39 is 5.60 Å². The fraction of sp³-hybridized carbons (Fsp3) is 0.442. The highest BCUT2D eigenvalue weighted by atomic mass is 35.5. The summed E-state index contributed by atoms with van der Waals surface area (Å²) in [6.07, 6.45) is 0.266. The Morgan fingerprint density at radius 2 is 1.03 bits per heavy atom. The van der Waals surface area contributed by atoms with Gasteiger partial charge in [0.05, 0.1) is 11.4 Å². The van der Waals surface area contributed by atoms with Crippen LogP contribution < -0.4 is 25.4 Å². The summed E-state index contributed by atoms with van der Waals surface area (Å²) >= 11 is 12.1. The van der Waals surface area contributed by atoms with Crippen molar-refractivity contribution < 1.29 is 47.0 Å². The Labute approximate surface area is 428 Å². The number of piperazine rings is 3. The van der Waals surface area contributed by atoms with E-state index in [1.54, 1.807) is 58.3 Å². The number of carbonyl (C=O) groups is 5. The van der Waals surface area contributed by atoms with Crippen LogP contribution in [0.3, 0.4) is 0 Å². The largest absolute Gasteiger partial charge is 0.482 e. The first-order valence-corrected chi connectivity index (χ1v) is 24.7. The van der Waals surface area contributed by atoms with Crippen molar-refractivity contribution in [2.75, 3.05) is 76.2 Å². The number of nitrogens with one attached hydrogen (secondary N) is 3. The predicted molar refractivity (Wildman–Crippen MR) is 270 cm³/mol. The van der Waals surface area contributed by atoms with Crippen molar-refractivity contribution >= 4 is 64.3 Å². The molecule has 4 aromatic rings. The van der Waals surface area contributed by atoms with Gasteiger partial charge in [-0.2, -0.15) is 0 Å². The molecule has 8 rings (SSSR count). The number of fused-ring (bicyclic) bond motifs is 4. The molecule has 4 aromatic carbocycles. The number of halogens is 4. The SMILES string of the molecule is CC(=O)Nc1cc(Cl)ccc1OCC(=O)N1CC2CCN(C(=O)OC(C)(C)C)CC(C1)N2Cc1ccc(F)cc1.CC(=O)Nc1cc(Cl)ccc1OCC(=O)N1CC2CNCC(C1)N2Cc1ccc(F)cc1. The van der Waals surface area contributed by atoms with Crippen LogP contribution in [0.1, 0.15) is 52.2 Å². The molecule has 0 aromatic heterocycles. The van der Waals surface area contributed by atoms with Gasteiger partial charge in [0.1, 0.15) is 28.7 Å². The number of rotatable bonds is 12.